The van der Waals surface area contributed by atoms with Gasteiger partial charge in [-0.1, -0.05) is 38.8 Å². The summed E-state index contributed by atoms with van der Waals surface area (Å²) in [6, 6.07) is 0. The van der Waals surface area contributed by atoms with E-state index in [0.29, 0.717) is 17.6 Å². The summed E-state index contributed by atoms with van der Waals surface area (Å²) in [5.74, 6) is 1.69. The molecule has 3 nitrogen and oxygen atoms in total. The molecular formula is C11H19ClN2O. The third kappa shape index (κ3) is 3.49. The van der Waals surface area contributed by atoms with E-state index < -0.39 is 0 Å². The van der Waals surface area contributed by atoms with Gasteiger partial charge in [0.1, 0.15) is 0 Å². The van der Waals surface area contributed by atoms with E-state index in [4.69, 9.17) is 16.1 Å². The lowest BCUT2D eigenvalue weighted by Gasteiger charge is -2.02. The zero-order chi connectivity index (χ0) is 11.3. The highest BCUT2D eigenvalue weighted by Crippen LogP contribution is 2.25. The lowest BCUT2D eigenvalue weighted by Crippen LogP contribution is -1.96. The zero-order valence-electron chi connectivity index (χ0n) is 9.66. The molecule has 0 aliphatic carbocycles. The number of alkyl halides is 1. The van der Waals surface area contributed by atoms with E-state index in [2.05, 4.69) is 30.9 Å². The summed E-state index contributed by atoms with van der Waals surface area (Å²) in [7, 11) is 0. The molecule has 0 saturated heterocycles. The highest BCUT2D eigenvalue weighted by molar-refractivity contribution is 6.20. The van der Waals surface area contributed by atoms with Crippen molar-refractivity contribution >= 4 is 11.6 Å². The second-order valence-electron chi connectivity index (χ2n) is 3.94. The van der Waals surface area contributed by atoms with Crippen molar-refractivity contribution in [3.8, 4) is 0 Å². The molecule has 0 aliphatic rings. The largest absolute Gasteiger partial charge is 0.339 e. The van der Waals surface area contributed by atoms with Crippen LogP contribution in [0.1, 0.15) is 69.5 Å². The van der Waals surface area contributed by atoms with Crippen LogP contribution in [0, 0.1) is 0 Å². The van der Waals surface area contributed by atoms with Crippen LogP contribution in [0.2, 0.25) is 0 Å². The van der Waals surface area contributed by atoms with E-state index in [1.54, 1.807) is 0 Å². The number of nitrogens with zero attached hydrogens (tertiary/aromatic N) is 2. The quantitative estimate of drug-likeness (QED) is 0.692. The first-order valence-electron chi connectivity index (χ1n) is 5.66. The second-order valence-corrected chi connectivity index (χ2v) is 4.46. The van der Waals surface area contributed by atoms with Crippen LogP contribution >= 0.6 is 11.6 Å². The Hall–Kier alpha value is -0.570. The number of hydrogen-bond donors (Lipinski definition) is 0. The van der Waals surface area contributed by atoms with Gasteiger partial charge in [0.15, 0.2) is 5.82 Å². The maximum atomic E-state index is 6.12. The molecule has 0 fully saturated rings. The summed E-state index contributed by atoms with van der Waals surface area (Å²) in [5, 5.41) is 3.81. The average molecular weight is 231 g/mol. The van der Waals surface area contributed by atoms with Crippen molar-refractivity contribution < 1.29 is 4.52 Å². The highest BCUT2D eigenvalue weighted by Gasteiger charge is 2.17. The predicted molar refractivity (Wildman–Crippen MR) is 61.1 cm³/mol. The Bertz CT molecular complexity index is 261. The number of halogens is 1. The first kappa shape index (κ1) is 12.5. The number of rotatable bonds is 6. The van der Waals surface area contributed by atoms with Gasteiger partial charge in [0, 0.05) is 5.92 Å². The fourth-order valence-electron chi connectivity index (χ4n) is 1.51. The maximum absolute atomic E-state index is 6.12. The Labute approximate surface area is 96.2 Å². The van der Waals surface area contributed by atoms with E-state index in [9.17, 15) is 0 Å². The number of hydrogen-bond acceptors (Lipinski definition) is 3. The van der Waals surface area contributed by atoms with Crippen LogP contribution in [0.15, 0.2) is 4.52 Å². The summed E-state index contributed by atoms with van der Waals surface area (Å²) in [4.78, 5) is 4.34. The SMILES string of the molecule is CCCC(C)c1nc(C(Cl)CCC)no1. The van der Waals surface area contributed by atoms with E-state index in [-0.39, 0.29) is 5.38 Å². The van der Waals surface area contributed by atoms with Crippen molar-refractivity contribution in [1.82, 2.24) is 10.1 Å². The molecule has 1 aromatic rings. The van der Waals surface area contributed by atoms with Crippen LogP contribution in [0.4, 0.5) is 0 Å². The number of aromatic nitrogens is 2. The van der Waals surface area contributed by atoms with Crippen molar-refractivity contribution in [3.05, 3.63) is 11.7 Å². The standard InChI is InChI=1S/C11H19ClN2O/c1-4-6-8(3)11-13-10(14-15-11)9(12)7-5-2/h8-9H,4-7H2,1-3H3. The van der Waals surface area contributed by atoms with Crippen LogP contribution in [-0.2, 0) is 0 Å². The van der Waals surface area contributed by atoms with Gasteiger partial charge in [-0.15, -0.1) is 11.6 Å². The Morgan fingerprint density at radius 2 is 1.93 bits per heavy atom. The third-order valence-electron chi connectivity index (χ3n) is 2.42. The first-order chi connectivity index (χ1) is 7.19. The lowest BCUT2D eigenvalue weighted by molar-refractivity contribution is 0.348. The van der Waals surface area contributed by atoms with Gasteiger partial charge < -0.3 is 4.52 Å². The minimum atomic E-state index is -0.110. The summed E-state index contributed by atoms with van der Waals surface area (Å²) >= 11 is 6.12. The van der Waals surface area contributed by atoms with E-state index in [1.807, 2.05) is 0 Å². The second kappa shape index (κ2) is 6.11. The van der Waals surface area contributed by atoms with Gasteiger partial charge in [-0.25, -0.2) is 0 Å². The maximum Gasteiger partial charge on any atom is 0.229 e. The molecular weight excluding hydrogens is 212 g/mol. The van der Waals surface area contributed by atoms with E-state index in [1.165, 1.54) is 0 Å². The molecule has 86 valence electrons. The average Bonchev–Trinajstić information content (AvgIpc) is 2.67. The molecule has 0 amide bonds. The minimum Gasteiger partial charge on any atom is -0.339 e. The fourth-order valence-corrected chi connectivity index (χ4v) is 1.82. The molecule has 0 radical (unpaired) electrons. The van der Waals surface area contributed by atoms with Gasteiger partial charge in [0.05, 0.1) is 5.38 Å². The Balaban J connectivity index is 2.62. The predicted octanol–water partition coefficient (Wildman–Crippen LogP) is 4.05. The summed E-state index contributed by atoms with van der Waals surface area (Å²) < 4.78 is 5.20. The molecule has 0 aromatic carbocycles. The van der Waals surface area contributed by atoms with Crippen molar-refractivity contribution in [1.29, 1.82) is 0 Å². The molecule has 0 spiro atoms. The topological polar surface area (TPSA) is 38.9 Å². The van der Waals surface area contributed by atoms with Crippen molar-refractivity contribution in [3.63, 3.8) is 0 Å². The van der Waals surface area contributed by atoms with E-state index >= 15 is 0 Å². The van der Waals surface area contributed by atoms with E-state index in [0.717, 1.165) is 25.7 Å². The van der Waals surface area contributed by atoms with Crippen molar-refractivity contribution in [2.24, 2.45) is 0 Å². The molecule has 1 aromatic heterocycles. The van der Waals surface area contributed by atoms with Crippen molar-refractivity contribution in [2.45, 2.75) is 57.7 Å². The molecule has 2 atom stereocenters. The molecule has 2 unspecified atom stereocenters. The molecule has 0 aliphatic heterocycles. The zero-order valence-corrected chi connectivity index (χ0v) is 10.4. The van der Waals surface area contributed by atoms with Crippen LogP contribution < -0.4 is 0 Å². The van der Waals surface area contributed by atoms with Gasteiger partial charge in [0.2, 0.25) is 5.89 Å². The molecule has 1 rings (SSSR count). The molecule has 0 bridgehead atoms. The molecule has 0 N–H and O–H groups in total. The van der Waals surface area contributed by atoms with Gasteiger partial charge in [0.25, 0.3) is 0 Å². The Morgan fingerprint density at radius 3 is 2.53 bits per heavy atom. The molecule has 4 heteroatoms. The van der Waals surface area contributed by atoms with Gasteiger partial charge in [-0.2, -0.15) is 4.98 Å². The van der Waals surface area contributed by atoms with Gasteiger partial charge in [-0.3, -0.25) is 0 Å². The highest BCUT2D eigenvalue weighted by atomic mass is 35.5. The monoisotopic (exact) mass is 230 g/mol. The van der Waals surface area contributed by atoms with Crippen molar-refractivity contribution in [2.75, 3.05) is 0 Å². The lowest BCUT2D eigenvalue weighted by atomic mass is 10.1. The van der Waals surface area contributed by atoms with Gasteiger partial charge >= 0.3 is 0 Å². The first-order valence-corrected chi connectivity index (χ1v) is 6.10. The van der Waals surface area contributed by atoms with Gasteiger partial charge in [-0.05, 0) is 12.8 Å². The summed E-state index contributed by atoms with van der Waals surface area (Å²) in [5.41, 5.74) is 0. The molecule has 0 saturated carbocycles. The third-order valence-corrected chi connectivity index (χ3v) is 2.84. The summed E-state index contributed by atoms with van der Waals surface area (Å²) in [6.45, 7) is 6.34. The molecule has 1 heterocycles. The summed E-state index contributed by atoms with van der Waals surface area (Å²) in [6.07, 6.45) is 4.12. The smallest absolute Gasteiger partial charge is 0.229 e. The normalized spacial score (nSPS) is 15.2. The Kier molecular flexibility index (Phi) is 5.09. The Morgan fingerprint density at radius 1 is 1.27 bits per heavy atom. The fraction of sp³-hybridized carbons (Fsp3) is 0.818. The van der Waals surface area contributed by atoms with Crippen LogP contribution in [0.5, 0.6) is 0 Å². The minimum absolute atomic E-state index is 0.110. The molecule has 15 heavy (non-hydrogen) atoms. The van der Waals surface area contributed by atoms with Crippen LogP contribution in [-0.4, -0.2) is 10.1 Å². The van der Waals surface area contributed by atoms with Crippen LogP contribution in [0.25, 0.3) is 0 Å². The van der Waals surface area contributed by atoms with Crippen LogP contribution in [0.3, 0.4) is 0 Å².